The summed E-state index contributed by atoms with van der Waals surface area (Å²) in [6, 6.07) is 9.62. The Morgan fingerprint density at radius 3 is 1.26 bits per heavy atom. The van der Waals surface area contributed by atoms with Crippen LogP contribution in [0.2, 0.25) is 0 Å². The minimum atomic E-state index is -4.49. The first-order valence-electron chi connectivity index (χ1n) is 18.0. The fourth-order valence-corrected chi connectivity index (χ4v) is 6.93. The Morgan fingerprint density at radius 2 is 0.860 bits per heavy atom. The Kier molecular flexibility index (Phi) is 24.3. The molecule has 0 N–H and O–H groups in total. The second-order valence-corrected chi connectivity index (χ2v) is 14.2. The van der Waals surface area contributed by atoms with Crippen molar-refractivity contribution >= 4 is 20.9 Å². The maximum Gasteiger partial charge on any atom is 1.00 e. The van der Waals surface area contributed by atoms with Crippen molar-refractivity contribution in [1.29, 1.82) is 0 Å². The van der Waals surface area contributed by atoms with E-state index in [4.69, 9.17) is 0 Å². The summed E-state index contributed by atoms with van der Waals surface area (Å²) in [6.45, 7) is 4.54. The van der Waals surface area contributed by atoms with E-state index in [0.29, 0.717) is 0 Å². The van der Waals surface area contributed by atoms with Crippen molar-refractivity contribution < 1.29 is 42.5 Å². The van der Waals surface area contributed by atoms with Gasteiger partial charge in [-0.1, -0.05) is 173 Å². The minimum absolute atomic E-state index is 0. The minimum Gasteiger partial charge on any atom is -0.744 e. The Hall–Kier alpha value is -0.390. The summed E-state index contributed by atoms with van der Waals surface area (Å²) in [5.41, 5.74) is 2.20. The predicted octanol–water partition coefficient (Wildman–Crippen LogP) is 9.24. The van der Waals surface area contributed by atoms with Gasteiger partial charge in [0.1, 0.15) is 10.1 Å². The van der Waals surface area contributed by atoms with Crippen LogP contribution in [-0.4, -0.2) is 13.0 Å². The quantitative estimate of drug-likeness (QED) is 0.0567. The molecular weight excluding hydrogens is 559 g/mol. The molecule has 0 aliphatic heterocycles. The van der Waals surface area contributed by atoms with E-state index < -0.39 is 10.1 Å². The van der Waals surface area contributed by atoms with Crippen molar-refractivity contribution in [3.8, 4) is 0 Å². The van der Waals surface area contributed by atoms with E-state index in [2.05, 4.69) is 32.0 Å². The molecule has 0 saturated carbocycles. The van der Waals surface area contributed by atoms with Crippen molar-refractivity contribution in [3.63, 3.8) is 0 Å². The smallest absolute Gasteiger partial charge is 0.744 e. The maximum atomic E-state index is 12.0. The van der Waals surface area contributed by atoms with Crippen LogP contribution in [0.15, 0.2) is 35.2 Å². The predicted molar refractivity (Wildman–Crippen MR) is 181 cm³/mol. The van der Waals surface area contributed by atoms with E-state index in [9.17, 15) is 13.0 Å². The first-order valence-corrected chi connectivity index (χ1v) is 19.4. The van der Waals surface area contributed by atoms with Crippen molar-refractivity contribution in [1.82, 2.24) is 0 Å². The molecule has 240 valence electrons. The number of rotatable bonds is 27. The van der Waals surface area contributed by atoms with Crippen LogP contribution in [0.25, 0.3) is 10.8 Å². The van der Waals surface area contributed by atoms with Gasteiger partial charge in [-0.15, -0.1) is 0 Å². The Balaban J connectivity index is 0.00000924. The first-order chi connectivity index (χ1) is 20.5. The molecule has 3 nitrogen and oxygen atoms in total. The molecule has 0 heterocycles. The van der Waals surface area contributed by atoms with Crippen LogP contribution >= 0.6 is 0 Å². The standard InChI is InChI=1S/C38H64O3S.Na/c1-3-5-7-9-11-13-15-17-19-21-23-25-28-34-30-27-31-37-35(32-36(33-38(34)37)42(39,40)41)29-26-24-22-20-18-16-14-12-10-8-6-4-2;/h27,30-33H,3-26,28-29H2,1-2H3,(H,39,40,41);/q;+1/p-1. The molecule has 0 aliphatic rings. The molecule has 0 aromatic heterocycles. The first kappa shape index (κ1) is 40.6. The van der Waals surface area contributed by atoms with Crippen molar-refractivity contribution in [2.75, 3.05) is 0 Å². The van der Waals surface area contributed by atoms with E-state index in [0.717, 1.165) is 48.4 Å². The van der Waals surface area contributed by atoms with E-state index in [-0.39, 0.29) is 34.5 Å². The van der Waals surface area contributed by atoms with E-state index in [1.54, 1.807) is 12.1 Å². The monoisotopic (exact) mass is 622 g/mol. The van der Waals surface area contributed by atoms with Gasteiger partial charge in [0.15, 0.2) is 0 Å². The number of benzene rings is 2. The van der Waals surface area contributed by atoms with Crippen LogP contribution in [0, 0.1) is 0 Å². The number of unbranched alkanes of at least 4 members (excludes halogenated alkanes) is 22. The van der Waals surface area contributed by atoms with Crippen LogP contribution in [0.5, 0.6) is 0 Å². The zero-order valence-corrected chi connectivity index (χ0v) is 31.2. The molecule has 5 heteroatoms. The number of hydrogen-bond acceptors (Lipinski definition) is 3. The number of fused-ring (bicyclic) bond motifs is 1. The molecule has 0 spiro atoms. The topological polar surface area (TPSA) is 57.2 Å². The molecule has 2 aromatic carbocycles. The molecule has 0 bridgehead atoms. The second kappa shape index (κ2) is 25.8. The summed E-state index contributed by atoms with van der Waals surface area (Å²) >= 11 is 0. The van der Waals surface area contributed by atoms with Crippen molar-refractivity contribution in [3.05, 3.63) is 41.5 Å². The fourth-order valence-electron chi connectivity index (χ4n) is 6.38. The summed E-state index contributed by atoms with van der Waals surface area (Å²) in [5.74, 6) is 0. The molecule has 2 aromatic rings. The van der Waals surface area contributed by atoms with Gasteiger partial charge < -0.3 is 4.55 Å². The van der Waals surface area contributed by atoms with Crippen LogP contribution in [0.1, 0.15) is 179 Å². The normalized spacial score (nSPS) is 11.7. The van der Waals surface area contributed by atoms with Crippen LogP contribution < -0.4 is 29.6 Å². The number of hydrogen-bond donors (Lipinski definition) is 0. The summed E-state index contributed by atoms with van der Waals surface area (Å²) in [5, 5.41) is 2.09. The van der Waals surface area contributed by atoms with Crippen LogP contribution in [0.4, 0.5) is 0 Å². The largest absolute Gasteiger partial charge is 1.00 e. The third kappa shape index (κ3) is 18.4. The third-order valence-electron chi connectivity index (χ3n) is 9.03. The van der Waals surface area contributed by atoms with Crippen molar-refractivity contribution in [2.24, 2.45) is 0 Å². The van der Waals surface area contributed by atoms with E-state index in [1.807, 2.05) is 0 Å². The van der Waals surface area contributed by atoms with Gasteiger partial charge in [-0.2, -0.15) is 0 Å². The van der Waals surface area contributed by atoms with Gasteiger partial charge in [-0.3, -0.25) is 0 Å². The van der Waals surface area contributed by atoms with E-state index in [1.165, 1.54) is 140 Å². The Bertz CT molecular complexity index is 1070. The van der Waals surface area contributed by atoms with Crippen molar-refractivity contribution in [2.45, 2.75) is 186 Å². The molecule has 0 aliphatic carbocycles. The van der Waals surface area contributed by atoms with Gasteiger partial charge >= 0.3 is 29.6 Å². The molecule has 43 heavy (non-hydrogen) atoms. The average Bonchev–Trinajstić information content (AvgIpc) is 2.97. The number of aryl methyl sites for hydroxylation is 2. The zero-order chi connectivity index (χ0) is 30.3. The van der Waals surface area contributed by atoms with Gasteiger partial charge in [-0.25, -0.2) is 8.42 Å². The molecule has 0 saturated heterocycles. The van der Waals surface area contributed by atoms with E-state index >= 15 is 0 Å². The molecule has 0 fully saturated rings. The molecule has 2 rings (SSSR count). The van der Waals surface area contributed by atoms with Gasteiger partial charge in [-0.05, 0) is 59.7 Å². The van der Waals surface area contributed by atoms with Crippen LogP contribution in [0.3, 0.4) is 0 Å². The maximum absolute atomic E-state index is 12.0. The SMILES string of the molecule is CCCCCCCCCCCCCCc1cc(S(=O)(=O)[O-])cc2c(CCCCCCCCCCCCCC)cccc12.[Na+]. The molecule has 0 unspecified atom stereocenters. The summed E-state index contributed by atoms with van der Waals surface area (Å²) < 4.78 is 36.1. The summed E-state index contributed by atoms with van der Waals surface area (Å²) in [7, 11) is -4.49. The second-order valence-electron chi connectivity index (χ2n) is 12.8. The van der Waals surface area contributed by atoms with Gasteiger partial charge in [0, 0.05) is 0 Å². The van der Waals surface area contributed by atoms with Gasteiger partial charge in [0.2, 0.25) is 0 Å². The molecule has 0 radical (unpaired) electrons. The molecule has 0 amide bonds. The van der Waals surface area contributed by atoms with Gasteiger partial charge in [0.05, 0.1) is 4.90 Å². The fraction of sp³-hybridized carbons (Fsp3) is 0.737. The molecular formula is C38H63NaO3S. The third-order valence-corrected chi connectivity index (χ3v) is 9.85. The Labute approximate surface area is 288 Å². The molecule has 0 atom stereocenters. The Morgan fingerprint density at radius 1 is 0.488 bits per heavy atom. The van der Waals surface area contributed by atoms with Crippen LogP contribution in [-0.2, 0) is 23.0 Å². The summed E-state index contributed by atoms with van der Waals surface area (Å²) in [4.78, 5) is -0.0638. The summed E-state index contributed by atoms with van der Waals surface area (Å²) in [6.07, 6.45) is 33.2. The average molecular weight is 623 g/mol. The zero-order valence-electron chi connectivity index (χ0n) is 28.4. The van der Waals surface area contributed by atoms with Gasteiger partial charge in [0.25, 0.3) is 0 Å².